The first kappa shape index (κ1) is 107. The molecule has 5 fully saturated rings. The van der Waals surface area contributed by atoms with E-state index in [0.717, 1.165) is 104 Å². The number of carbonyl (C=O) groups excluding carboxylic acids is 4. The number of carboxylic acid groups (broad SMARTS) is 3. The van der Waals surface area contributed by atoms with E-state index in [0.29, 0.717) is 12.8 Å². The van der Waals surface area contributed by atoms with Gasteiger partial charge in [0, 0.05) is 46.5 Å². The van der Waals surface area contributed by atoms with Gasteiger partial charge in [0.2, 0.25) is 23.6 Å². The van der Waals surface area contributed by atoms with Crippen LogP contribution in [0.4, 0.5) is 0 Å². The molecule has 5 saturated heterocycles. The number of unbranched alkanes of at least 4 members (excludes halogenated alkanes) is 22. The molecule has 0 saturated carbocycles. The molecule has 0 radical (unpaired) electrons. The van der Waals surface area contributed by atoms with E-state index in [4.69, 9.17) is 47.4 Å². The van der Waals surface area contributed by atoms with Gasteiger partial charge >= 0.3 is 17.9 Å². The van der Waals surface area contributed by atoms with Crippen LogP contribution in [-0.4, -0.2) is 366 Å². The van der Waals surface area contributed by atoms with Crippen LogP contribution in [0.1, 0.15) is 221 Å². The average Bonchev–Trinajstić information content (AvgIpc) is 0.750. The van der Waals surface area contributed by atoms with Gasteiger partial charge in [0.1, 0.15) is 104 Å². The van der Waals surface area contributed by atoms with Crippen molar-refractivity contribution in [2.24, 2.45) is 0 Å². The molecule has 0 aromatic carbocycles. The van der Waals surface area contributed by atoms with Gasteiger partial charge in [-0.25, -0.2) is 14.4 Å². The number of carbonyl (C=O) groups is 7. The Morgan fingerprint density at radius 3 is 1.24 bits per heavy atom. The van der Waals surface area contributed by atoms with Gasteiger partial charge in [-0.05, 0) is 44.9 Å². The molecule has 0 aliphatic carbocycles. The number of ether oxygens (including phenoxy) is 10. The predicted molar refractivity (Wildman–Crippen MR) is 424 cm³/mol. The number of aliphatic carboxylic acids is 3. The van der Waals surface area contributed by atoms with Gasteiger partial charge in [0.25, 0.3) is 17.4 Å². The standard InChI is InChI=1S/C81H140N4O37/c1-6-8-10-12-14-16-18-20-21-23-25-27-29-31-33-35-58(99)85-48(49(94)34-32-30-28-26-24-22-19-17-15-13-11-9-7-2)44-113-74-67(105)66(104)69(57(43-90)115-74)116-75-68(106)73(63(101)54(40-87)114-75)122-81(78(111)112)38-52(97)61(84-47(5)93)72(121-81)65(103)56(42-89)118-80(77(109)110)37-51(96)60(83-46(4)92)71(120-80)64(102)55(41-88)117-79(76(107)108)36-50(95)59(82-45(3)91)70(119-79)62(100)53(98)39-86/h16,18,32,34,48-57,59-75,86-90,94-98,100-106H,6-15,17,19-31,33,35-44H2,1-5H3,(H,82,91)(H,83,92)(H,84,93)(H,85,99)(H,107,108)(H,109,110)(H,111,112)/b18-16-,34-32+/t48-,49+,50-,51-,52-,53+,54+,55+,56+,57+,59+,60+,61+,62+,63-,64+,65+,66+,67+,68+,69+,70?,71?,72?,73-,74+,75-,79+,80+,81-/m0/s1. The van der Waals surface area contributed by atoms with E-state index >= 15 is 0 Å². The molecular weight excluding hydrogens is 1620 g/mol. The minimum absolute atomic E-state index is 0.113. The molecule has 4 amide bonds. The summed E-state index contributed by atoms with van der Waals surface area (Å²) in [6.07, 6.45) is -21.4. The summed E-state index contributed by atoms with van der Waals surface area (Å²) in [5, 5.41) is 235. The highest BCUT2D eigenvalue weighted by atomic mass is 16.8. The molecule has 5 aliphatic rings. The molecule has 122 heavy (non-hydrogen) atoms. The molecule has 706 valence electrons. The Morgan fingerprint density at radius 2 is 0.828 bits per heavy atom. The summed E-state index contributed by atoms with van der Waals surface area (Å²) in [7, 11) is 0. The minimum Gasteiger partial charge on any atom is -0.477 e. The van der Waals surface area contributed by atoms with Crippen LogP contribution in [0, 0.1) is 0 Å². The van der Waals surface area contributed by atoms with E-state index in [1.54, 1.807) is 6.08 Å². The van der Waals surface area contributed by atoms with Crippen LogP contribution in [0.2, 0.25) is 0 Å². The molecule has 41 heteroatoms. The monoisotopic (exact) mass is 1760 g/mol. The molecule has 0 aromatic rings. The van der Waals surface area contributed by atoms with E-state index in [-0.39, 0.29) is 6.42 Å². The third kappa shape index (κ3) is 31.6. The zero-order valence-electron chi connectivity index (χ0n) is 70.5. The Labute approximate surface area is 710 Å². The molecule has 0 bridgehead atoms. The van der Waals surface area contributed by atoms with Gasteiger partial charge in [-0.1, -0.05) is 154 Å². The number of allylic oxidation sites excluding steroid dienone is 3. The van der Waals surface area contributed by atoms with Crippen LogP contribution in [0.3, 0.4) is 0 Å². The Kier molecular flexibility index (Phi) is 47.6. The third-order valence-electron chi connectivity index (χ3n) is 22.6. The average molecular weight is 1760 g/mol. The van der Waals surface area contributed by atoms with E-state index in [1.165, 1.54) is 70.3 Å². The number of hydrogen-bond acceptors (Lipinski definition) is 34. The van der Waals surface area contributed by atoms with Crippen LogP contribution in [0.15, 0.2) is 24.3 Å². The summed E-state index contributed by atoms with van der Waals surface area (Å²) in [6, 6.07) is -7.03. The van der Waals surface area contributed by atoms with Crippen molar-refractivity contribution in [3.63, 3.8) is 0 Å². The number of nitrogens with one attached hydrogen (secondary N) is 4. The fourth-order valence-corrected chi connectivity index (χ4v) is 15.8. The van der Waals surface area contributed by atoms with E-state index in [2.05, 4.69) is 47.3 Å². The highest BCUT2D eigenvalue weighted by molar-refractivity contribution is 5.79. The van der Waals surface area contributed by atoms with Crippen molar-refractivity contribution in [1.82, 2.24) is 21.3 Å². The third-order valence-corrected chi connectivity index (χ3v) is 22.6. The van der Waals surface area contributed by atoms with Crippen LogP contribution < -0.4 is 21.3 Å². The lowest BCUT2D eigenvalue weighted by molar-refractivity contribution is -0.388. The van der Waals surface area contributed by atoms with Crippen LogP contribution in [-0.2, 0) is 80.9 Å². The Bertz CT molecular complexity index is 3150. The first-order chi connectivity index (χ1) is 58.0. The summed E-state index contributed by atoms with van der Waals surface area (Å²) in [5.74, 6) is -20.6. The largest absolute Gasteiger partial charge is 0.477 e. The number of hydrogen-bond donors (Lipinski definition) is 24. The van der Waals surface area contributed by atoms with Gasteiger partial charge in [-0.2, -0.15) is 0 Å². The normalized spacial score (nSPS) is 32.8. The number of aliphatic hydroxyl groups excluding tert-OH is 17. The zero-order chi connectivity index (χ0) is 90.6. The second kappa shape index (κ2) is 54.1. The molecule has 30 atom stereocenters. The lowest BCUT2D eigenvalue weighted by Gasteiger charge is -2.51. The van der Waals surface area contributed by atoms with Crippen LogP contribution >= 0.6 is 0 Å². The smallest absolute Gasteiger partial charge is 0.364 e. The molecule has 5 aliphatic heterocycles. The summed E-state index contributed by atoms with van der Waals surface area (Å²) >= 11 is 0. The zero-order valence-corrected chi connectivity index (χ0v) is 70.5. The number of carboxylic acids is 3. The van der Waals surface area contributed by atoms with Crippen molar-refractivity contribution in [1.29, 1.82) is 0 Å². The number of amides is 4. The highest BCUT2D eigenvalue weighted by Gasteiger charge is 2.64. The van der Waals surface area contributed by atoms with Gasteiger partial charge in [-0.3, -0.25) is 19.2 Å². The SMILES string of the molecule is CCCCCC/C=C\CCCCCCCCCC(=O)N[C@@H](CO[C@@H]1O[C@H](CO)[C@@H](O[C@@H]2O[C@H](CO)[C@H](O)[C@H](O[C@]3(C(=O)O)C[C@H](O)[C@@H](NC(C)=O)C([C@H](O)[C@@H](CO)O[C@]4(C(=O)O)C[C@H](O)[C@@H](NC(C)=O)C([C@H](O)[C@@H](CO)O[C@]5(C(=O)O)C[C@H](O)[C@@H](NC(C)=O)C([C@H](O)[C@H](O)CO)O5)O4)O3)[C@H]2O)[C@H](O)[C@H]1O)[C@H](O)/C=C/CCCCCCCCCCCCC. The van der Waals surface area contributed by atoms with Crippen LogP contribution in [0.5, 0.6) is 0 Å². The summed E-state index contributed by atoms with van der Waals surface area (Å²) < 4.78 is 58.2. The van der Waals surface area contributed by atoms with Crippen molar-refractivity contribution in [2.45, 2.75) is 403 Å². The minimum atomic E-state index is -3.58. The maximum Gasteiger partial charge on any atom is 0.364 e. The van der Waals surface area contributed by atoms with E-state index in [9.17, 15) is 136 Å². The lowest BCUT2D eigenvalue weighted by atomic mass is 9.86. The molecule has 3 unspecified atom stereocenters. The van der Waals surface area contributed by atoms with Gasteiger partial charge in [0.05, 0.1) is 88.2 Å². The molecule has 41 nitrogen and oxygen atoms in total. The summed E-state index contributed by atoms with van der Waals surface area (Å²) in [6.45, 7) is -0.117. The van der Waals surface area contributed by atoms with Crippen molar-refractivity contribution < 1.29 is 183 Å². The highest BCUT2D eigenvalue weighted by Crippen LogP contribution is 2.43. The molecular formula is C81H140N4O37. The molecule has 0 spiro atoms. The van der Waals surface area contributed by atoms with Crippen molar-refractivity contribution in [3.05, 3.63) is 24.3 Å². The Morgan fingerprint density at radius 1 is 0.443 bits per heavy atom. The number of aliphatic hydroxyl groups is 17. The van der Waals surface area contributed by atoms with Crippen LogP contribution in [0.25, 0.3) is 0 Å². The molecule has 5 rings (SSSR count). The van der Waals surface area contributed by atoms with Crippen molar-refractivity contribution in [2.75, 3.05) is 39.6 Å². The fourth-order valence-electron chi connectivity index (χ4n) is 15.8. The first-order valence-corrected chi connectivity index (χ1v) is 43.0. The molecule has 5 heterocycles. The second-order valence-corrected chi connectivity index (χ2v) is 32.5. The topological polar surface area (TPSA) is 665 Å². The van der Waals surface area contributed by atoms with Gasteiger partial charge in [-0.15, -0.1) is 0 Å². The van der Waals surface area contributed by atoms with Gasteiger partial charge in [0.15, 0.2) is 12.6 Å². The molecule has 0 aromatic heterocycles. The van der Waals surface area contributed by atoms with Crippen molar-refractivity contribution in [3.8, 4) is 0 Å². The maximum atomic E-state index is 13.8. The van der Waals surface area contributed by atoms with Gasteiger partial charge < -0.3 is 171 Å². The fraction of sp³-hybridized carbons (Fsp3) is 0.864. The maximum absolute atomic E-state index is 13.8. The summed E-state index contributed by atoms with van der Waals surface area (Å²) in [5.41, 5.74) is 0. The Hall–Kier alpha value is -5.31. The number of rotatable bonds is 58. The van der Waals surface area contributed by atoms with E-state index in [1.807, 2.05) is 0 Å². The van der Waals surface area contributed by atoms with E-state index < -0.39 is 283 Å². The van der Waals surface area contributed by atoms with Crippen molar-refractivity contribution >= 4 is 41.5 Å². The second-order valence-electron chi connectivity index (χ2n) is 32.5. The Balaban J connectivity index is 1.36. The quantitative estimate of drug-likeness (QED) is 0.0217. The molecule has 24 N–H and O–H groups in total. The lowest BCUT2D eigenvalue weighted by Crippen LogP contribution is -2.72. The summed E-state index contributed by atoms with van der Waals surface area (Å²) in [4.78, 5) is 92.1. The first-order valence-electron chi connectivity index (χ1n) is 43.0. The predicted octanol–water partition coefficient (Wildman–Crippen LogP) is -2.71.